The lowest BCUT2D eigenvalue weighted by molar-refractivity contribution is 0.632. The van der Waals surface area contributed by atoms with E-state index in [0.29, 0.717) is 0 Å². The van der Waals surface area contributed by atoms with Crippen LogP contribution in [-0.4, -0.2) is 6.26 Å². The zero-order chi connectivity index (χ0) is 7.40. The van der Waals surface area contributed by atoms with Crippen molar-refractivity contribution in [2.24, 2.45) is 5.92 Å². The Morgan fingerprint density at radius 1 is 1.70 bits per heavy atom. The lowest BCUT2D eigenvalue weighted by Crippen LogP contribution is -1.95. The van der Waals surface area contributed by atoms with Gasteiger partial charge in [-0.15, -0.1) is 11.8 Å². The Morgan fingerprint density at radius 3 is 2.90 bits per heavy atom. The van der Waals surface area contributed by atoms with Crippen LogP contribution in [0.25, 0.3) is 0 Å². The minimum absolute atomic E-state index is 0.802. The molecule has 1 unspecified atom stereocenters. The van der Waals surface area contributed by atoms with Crippen molar-refractivity contribution < 1.29 is 0 Å². The maximum absolute atomic E-state index is 2.33. The Morgan fingerprint density at radius 2 is 2.50 bits per heavy atom. The molecule has 1 atom stereocenters. The molecule has 0 spiro atoms. The number of hydrogen-bond donors (Lipinski definition) is 0. The summed E-state index contributed by atoms with van der Waals surface area (Å²) in [4.78, 5) is 1.42. The van der Waals surface area contributed by atoms with Crippen LogP contribution in [0.5, 0.6) is 0 Å². The Bertz CT molecular complexity index is 156. The molecule has 0 radical (unpaired) electrons. The second-order valence-electron chi connectivity index (χ2n) is 2.57. The van der Waals surface area contributed by atoms with E-state index < -0.39 is 0 Å². The molecule has 1 aliphatic rings. The van der Waals surface area contributed by atoms with Crippen molar-refractivity contribution in [2.45, 2.75) is 19.8 Å². The van der Waals surface area contributed by atoms with Crippen molar-refractivity contribution in [1.82, 2.24) is 0 Å². The van der Waals surface area contributed by atoms with Gasteiger partial charge in [-0.3, -0.25) is 0 Å². The van der Waals surface area contributed by atoms with Crippen molar-refractivity contribution in [2.75, 3.05) is 6.26 Å². The summed E-state index contributed by atoms with van der Waals surface area (Å²) in [6.45, 7) is 2.24. The highest BCUT2D eigenvalue weighted by Gasteiger charge is 2.04. The lowest BCUT2D eigenvalue weighted by Gasteiger charge is -2.12. The molecule has 0 aromatic carbocycles. The van der Waals surface area contributed by atoms with Crippen LogP contribution in [0.3, 0.4) is 0 Å². The largest absolute Gasteiger partial charge is 0.130 e. The maximum atomic E-state index is 2.33. The maximum Gasteiger partial charge on any atom is 0.00263 e. The fourth-order valence-corrected chi connectivity index (χ4v) is 1.58. The number of allylic oxidation sites excluding steroid dienone is 3. The first-order chi connectivity index (χ1) is 4.86. The van der Waals surface area contributed by atoms with Gasteiger partial charge in [0, 0.05) is 4.91 Å². The topological polar surface area (TPSA) is 0 Å². The molecule has 1 heteroatoms. The van der Waals surface area contributed by atoms with Gasteiger partial charge in [0.25, 0.3) is 0 Å². The smallest absolute Gasteiger partial charge is 0.00263 e. The third-order valence-corrected chi connectivity index (χ3v) is 2.69. The molecule has 0 bridgehead atoms. The minimum Gasteiger partial charge on any atom is -0.130 e. The number of thioether (sulfide) groups is 1. The first-order valence-electron chi connectivity index (χ1n) is 3.79. The predicted octanol–water partition coefficient (Wildman–Crippen LogP) is 3.22. The highest BCUT2D eigenvalue weighted by molar-refractivity contribution is 8.02. The fourth-order valence-electron chi connectivity index (χ4n) is 1.10. The van der Waals surface area contributed by atoms with E-state index in [4.69, 9.17) is 0 Å². The Balaban J connectivity index is 2.46. The van der Waals surface area contributed by atoms with Crippen LogP contribution in [-0.2, 0) is 0 Å². The molecule has 0 aromatic rings. The standard InChI is InChI=1S/C9H14S/c1-3-8-4-6-9(10-2)7-5-8/h4,6-8H,3,5H2,1-2H3. The van der Waals surface area contributed by atoms with Gasteiger partial charge in [-0.2, -0.15) is 0 Å². The van der Waals surface area contributed by atoms with Gasteiger partial charge in [-0.05, 0) is 25.0 Å². The van der Waals surface area contributed by atoms with Crippen LogP contribution >= 0.6 is 11.8 Å². The molecule has 0 nitrogen and oxygen atoms in total. The summed E-state index contributed by atoms with van der Waals surface area (Å²) < 4.78 is 0. The van der Waals surface area contributed by atoms with E-state index in [1.807, 2.05) is 11.8 Å². The zero-order valence-corrected chi connectivity index (χ0v) is 7.45. The Hall–Kier alpha value is -0.170. The van der Waals surface area contributed by atoms with E-state index in [-0.39, 0.29) is 0 Å². The number of hydrogen-bond acceptors (Lipinski definition) is 1. The third kappa shape index (κ3) is 1.91. The minimum atomic E-state index is 0.802. The quantitative estimate of drug-likeness (QED) is 0.588. The van der Waals surface area contributed by atoms with Gasteiger partial charge in [0.2, 0.25) is 0 Å². The van der Waals surface area contributed by atoms with E-state index in [1.165, 1.54) is 17.7 Å². The molecule has 0 saturated heterocycles. The molecule has 0 fully saturated rings. The van der Waals surface area contributed by atoms with E-state index in [1.54, 1.807) is 0 Å². The van der Waals surface area contributed by atoms with Crippen LogP contribution < -0.4 is 0 Å². The Kier molecular flexibility index (Phi) is 3.07. The molecule has 0 saturated carbocycles. The summed E-state index contributed by atoms with van der Waals surface area (Å²) in [5, 5.41) is 0. The second-order valence-corrected chi connectivity index (χ2v) is 3.45. The van der Waals surface area contributed by atoms with Crippen LogP contribution in [0.4, 0.5) is 0 Å². The van der Waals surface area contributed by atoms with Crippen LogP contribution in [0.1, 0.15) is 19.8 Å². The molecular weight excluding hydrogens is 140 g/mol. The third-order valence-electron chi connectivity index (χ3n) is 1.91. The van der Waals surface area contributed by atoms with Crippen molar-refractivity contribution >= 4 is 11.8 Å². The van der Waals surface area contributed by atoms with Gasteiger partial charge in [0.05, 0.1) is 0 Å². The fraction of sp³-hybridized carbons (Fsp3) is 0.556. The predicted molar refractivity (Wildman–Crippen MR) is 49.1 cm³/mol. The average molecular weight is 154 g/mol. The highest BCUT2D eigenvalue weighted by Crippen LogP contribution is 2.24. The molecule has 0 heterocycles. The molecular formula is C9H14S. The van der Waals surface area contributed by atoms with E-state index in [9.17, 15) is 0 Å². The second kappa shape index (κ2) is 3.87. The van der Waals surface area contributed by atoms with Gasteiger partial charge < -0.3 is 0 Å². The SMILES string of the molecule is CCC1C=CC(SC)=CC1. The summed E-state index contributed by atoms with van der Waals surface area (Å²) >= 11 is 1.83. The first kappa shape index (κ1) is 7.93. The molecule has 0 N–H and O–H groups in total. The molecule has 0 amide bonds. The van der Waals surface area contributed by atoms with E-state index in [2.05, 4.69) is 31.4 Å². The van der Waals surface area contributed by atoms with Gasteiger partial charge in [0.1, 0.15) is 0 Å². The summed E-state index contributed by atoms with van der Waals surface area (Å²) in [6, 6.07) is 0. The van der Waals surface area contributed by atoms with E-state index >= 15 is 0 Å². The summed E-state index contributed by atoms with van der Waals surface area (Å²) in [6.07, 6.45) is 11.5. The monoisotopic (exact) mass is 154 g/mol. The van der Waals surface area contributed by atoms with Crippen LogP contribution in [0.15, 0.2) is 23.1 Å². The molecule has 10 heavy (non-hydrogen) atoms. The molecule has 1 rings (SSSR count). The number of rotatable bonds is 2. The first-order valence-corrected chi connectivity index (χ1v) is 5.01. The van der Waals surface area contributed by atoms with Crippen molar-refractivity contribution in [3.8, 4) is 0 Å². The molecule has 0 aromatic heterocycles. The van der Waals surface area contributed by atoms with Crippen molar-refractivity contribution in [3.63, 3.8) is 0 Å². The summed E-state index contributed by atoms with van der Waals surface area (Å²) in [5.74, 6) is 0.802. The van der Waals surface area contributed by atoms with Gasteiger partial charge in [-0.1, -0.05) is 25.2 Å². The van der Waals surface area contributed by atoms with Gasteiger partial charge in [0.15, 0.2) is 0 Å². The molecule has 0 aliphatic heterocycles. The average Bonchev–Trinajstić information content (AvgIpc) is 2.05. The molecule has 56 valence electrons. The van der Waals surface area contributed by atoms with Gasteiger partial charge >= 0.3 is 0 Å². The van der Waals surface area contributed by atoms with Crippen LogP contribution in [0, 0.1) is 5.92 Å². The van der Waals surface area contributed by atoms with Gasteiger partial charge in [-0.25, -0.2) is 0 Å². The van der Waals surface area contributed by atoms with Crippen molar-refractivity contribution in [3.05, 3.63) is 23.1 Å². The summed E-state index contributed by atoms with van der Waals surface area (Å²) in [7, 11) is 0. The lowest BCUT2D eigenvalue weighted by atomic mass is 9.98. The molecule has 1 aliphatic carbocycles. The summed E-state index contributed by atoms with van der Waals surface area (Å²) in [5.41, 5.74) is 0. The zero-order valence-electron chi connectivity index (χ0n) is 6.63. The normalized spacial score (nSPS) is 24.6. The highest BCUT2D eigenvalue weighted by atomic mass is 32.2. The Labute approximate surface area is 67.4 Å². The van der Waals surface area contributed by atoms with Crippen LogP contribution in [0.2, 0.25) is 0 Å². The van der Waals surface area contributed by atoms with E-state index in [0.717, 1.165) is 5.92 Å². The van der Waals surface area contributed by atoms with Crippen molar-refractivity contribution in [1.29, 1.82) is 0 Å².